The quantitative estimate of drug-likeness (QED) is 0.746. The molecule has 1 N–H and O–H groups in total. The highest BCUT2D eigenvalue weighted by Gasteiger charge is 2.10. The average Bonchev–Trinajstić information content (AvgIpc) is 2.77. The molecule has 1 aromatic heterocycles. The van der Waals surface area contributed by atoms with E-state index < -0.39 is 10.0 Å². The summed E-state index contributed by atoms with van der Waals surface area (Å²) >= 11 is 0. The Morgan fingerprint density at radius 2 is 2.10 bits per heavy atom. The molecule has 0 atom stereocenters. The Bertz CT molecular complexity index is 695. The number of rotatable bonds is 8. The van der Waals surface area contributed by atoms with Gasteiger partial charge in [0.1, 0.15) is 5.82 Å². The Morgan fingerprint density at radius 1 is 1.33 bits per heavy atom. The smallest absolute Gasteiger partial charge is 0.213 e. The minimum atomic E-state index is -3.24. The number of fused-ring (bicyclic) bond motifs is 1. The molecule has 0 radical (unpaired) electrons. The first-order valence-electron chi connectivity index (χ1n) is 6.91. The maximum absolute atomic E-state index is 11.6. The number of ether oxygens (including phenoxy) is 1. The van der Waals surface area contributed by atoms with E-state index in [0.717, 1.165) is 23.4 Å². The first-order valence-corrected chi connectivity index (χ1v) is 8.57. The molecule has 0 bridgehead atoms. The third-order valence-corrected chi connectivity index (χ3v) is 4.63. The van der Waals surface area contributed by atoms with E-state index in [-0.39, 0.29) is 12.4 Å². The number of methoxy groups -OCH3 is 1. The van der Waals surface area contributed by atoms with Gasteiger partial charge in [0.25, 0.3) is 0 Å². The van der Waals surface area contributed by atoms with Crippen molar-refractivity contribution in [2.45, 2.75) is 19.9 Å². The fourth-order valence-electron chi connectivity index (χ4n) is 2.21. The first-order chi connectivity index (χ1) is 10.0. The van der Waals surface area contributed by atoms with E-state index >= 15 is 0 Å². The number of aryl methyl sites for hydroxylation is 2. The number of hydrogen-bond donors (Lipinski definition) is 1. The lowest BCUT2D eigenvalue weighted by molar-refractivity contribution is 0.217. The predicted octanol–water partition coefficient (Wildman–Crippen LogP) is 1.30. The normalized spacial score (nSPS) is 12.1. The molecule has 1 heterocycles. The lowest BCUT2D eigenvalue weighted by atomic mass is 10.3. The van der Waals surface area contributed by atoms with E-state index in [4.69, 9.17) is 4.74 Å². The molecule has 0 fully saturated rings. The van der Waals surface area contributed by atoms with Crippen LogP contribution in [0.25, 0.3) is 11.0 Å². The van der Waals surface area contributed by atoms with Crippen LogP contribution in [-0.2, 0) is 21.3 Å². The molecule has 0 unspecified atom stereocenters. The van der Waals surface area contributed by atoms with Crippen LogP contribution in [0.15, 0.2) is 24.3 Å². The molecule has 6 nitrogen and oxygen atoms in total. The molecule has 1 aromatic carbocycles. The Morgan fingerprint density at radius 3 is 2.86 bits per heavy atom. The van der Waals surface area contributed by atoms with E-state index in [2.05, 4.69) is 14.3 Å². The van der Waals surface area contributed by atoms with Crippen molar-refractivity contribution in [2.24, 2.45) is 0 Å². The maximum Gasteiger partial charge on any atom is 0.213 e. The highest BCUT2D eigenvalue weighted by molar-refractivity contribution is 7.89. The van der Waals surface area contributed by atoms with Gasteiger partial charge in [-0.15, -0.1) is 0 Å². The number of hydrogen-bond acceptors (Lipinski definition) is 4. The third-order valence-electron chi connectivity index (χ3n) is 3.28. The van der Waals surface area contributed by atoms with Crippen LogP contribution in [-0.4, -0.2) is 44.0 Å². The number of benzene rings is 1. The highest BCUT2D eigenvalue weighted by Crippen LogP contribution is 2.15. The molecule has 0 aliphatic heterocycles. The number of para-hydroxylation sites is 2. The van der Waals surface area contributed by atoms with Gasteiger partial charge in [-0.25, -0.2) is 18.1 Å². The zero-order valence-electron chi connectivity index (χ0n) is 12.4. The fourth-order valence-corrected chi connectivity index (χ4v) is 3.19. The molecule has 0 saturated heterocycles. The van der Waals surface area contributed by atoms with Crippen LogP contribution in [0.2, 0.25) is 0 Å². The number of aromatic nitrogens is 2. The first kappa shape index (κ1) is 15.9. The Balaban J connectivity index is 1.90. The van der Waals surface area contributed by atoms with Gasteiger partial charge in [-0.1, -0.05) is 12.1 Å². The van der Waals surface area contributed by atoms with E-state index in [1.165, 1.54) is 7.11 Å². The standard InChI is InChI=1S/C14H21N3O3S/c1-12-16-13-6-3-4-7-14(13)17(12)9-5-8-15-21(18,19)11-10-20-2/h3-4,6-7,15H,5,8-11H2,1-2H3. The second-order valence-electron chi connectivity index (χ2n) is 4.86. The Labute approximate surface area is 125 Å². The van der Waals surface area contributed by atoms with Crippen molar-refractivity contribution in [2.75, 3.05) is 26.0 Å². The van der Waals surface area contributed by atoms with Gasteiger partial charge in [0.15, 0.2) is 0 Å². The van der Waals surface area contributed by atoms with Crippen molar-refractivity contribution in [3.63, 3.8) is 0 Å². The summed E-state index contributed by atoms with van der Waals surface area (Å²) in [5, 5.41) is 0. The third kappa shape index (κ3) is 4.26. The van der Waals surface area contributed by atoms with Crippen molar-refractivity contribution < 1.29 is 13.2 Å². The van der Waals surface area contributed by atoms with Crippen LogP contribution in [0.1, 0.15) is 12.2 Å². The minimum absolute atomic E-state index is 0.00344. The Kier molecular flexibility index (Phi) is 5.33. The molecule has 7 heteroatoms. The van der Waals surface area contributed by atoms with Crippen LogP contribution in [0.4, 0.5) is 0 Å². The minimum Gasteiger partial charge on any atom is -0.384 e. The van der Waals surface area contributed by atoms with E-state index in [1.54, 1.807) is 0 Å². The van der Waals surface area contributed by atoms with Crippen molar-refractivity contribution in [3.05, 3.63) is 30.1 Å². The lowest BCUT2D eigenvalue weighted by Gasteiger charge is -2.08. The molecule has 116 valence electrons. The molecule has 0 amide bonds. The summed E-state index contributed by atoms with van der Waals surface area (Å²) in [7, 11) is -1.75. The van der Waals surface area contributed by atoms with Gasteiger partial charge in [0.2, 0.25) is 10.0 Å². The number of nitrogens with zero attached hydrogens (tertiary/aromatic N) is 2. The van der Waals surface area contributed by atoms with Gasteiger partial charge in [-0.05, 0) is 25.5 Å². The average molecular weight is 311 g/mol. The van der Waals surface area contributed by atoms with E-state index in [0.29, 0.717) is 13.0 Å². The van der Waals surface area contributed by atoms with E-state index in [1.807, 2.05) is 31.2 Å². The Hall–Kier alpha value is -1.44. The zero-order valence-corrected chi connectivity index (χ0v) is 13.2. The van der Waals surface area contributed by atoms with Crippen LogP contribution < -0.4 is 4.72 Å². The molecule has 0 aliphatic carbocycles. The van der Waals surface area contributed by atoms with Gasteiger partial charge in [0, 0.05) is 20.2 Å². The molecule has 0 aliphatic rings. The second-order valence-corrected chi connectivity index (χ2v) is 6.79. The predicted molar refractivity (Wildman–Crippen MR) is 82.8 cm³/mol. The van der Waals surface area contributed by atoms with Gasteiger partial charge in [-0.3, -0.25) is 0 Å². The molecule has 0 saturated carbocycles. The van der Waals surface area contributed by atoms with Gasteiger partial charge in [0.05, 0.1) is 23.4 Å². The fraction of sp³-hybridized carbons (Fsp3) is 0.500. The van der Waals surface area contributed by atoms with Gasteiger partial charge in [-0.2, -0.15) is 0 Å². The summed E-state index contributed by atoms with van der Waals surface area (Å²) in [6, 6.07) is 7.95. The molecule has 0 spiro atoms. The SMILES string of the molecule is COCCS(=O)(=O)NCCCn1c(C)nc2ccccc21. The summed E-state index contributed by atoms with van der Waals surface area (Å²) in [5.41, 5.74) is 2.05. The summed E-state index contributed by atoms with van der Waals surface area (Å²) in [6.07, 6.45) is 0.716. The molecular weight excluding hydrogens is 290 g/mol. The number of nitrogens with one attached hydrogen (secondary N) is 1. The van der Waals surface area contributed by atoms with Crippen LogP contribution in [0.3, 0.4) is 0 Å². The monoisotopic (exact) mass is 311 g/mol. The van der Waals surface area contributed by atoms with Gasteiger partial charge >= 0.3 is 0 Å². The van der Waals surface area contributed by atoms with Crippen molar-refractivity contribution in [3.8, 4) is 0 Å². The maximum atomic E-state index is 11.6. The topological polar surface area (TPSA) is 73.2 Å². The van der Waals surface area contributed by atoms with Crippen LogP contribution >= 0.6 is 0 Å². The van der Waals surface area contributed by atoms with Crippen molar-refractivity contribution >= 4 is 21.1 Å². The number of sulfonamides is 1. The van der Waals surface area contributed by atoms with E-state index in [9.17, 15) is 8.42 Å². The van der Waals surface area contributed by atoms with Crippen molar-refractivity contribution in [1.29, 1.82) is 0 Å². The molecule has 2 rings (SSSR count). The summed E-state index contributed by atoms with van der Waals surface area (Å²) < 4.78 is 32.7. The summed E-state index contributed by atoms with van der Waals surface area (Å²) in [4.78, 5) is 4.49. The largest absolute Gasteiger partial charge is 0.384 e. The zero-order chi connectivity index (χ0) is 15.3. The van der Waals surface area contributed by atoms with Crippen LogP contribution in [0.5, 0.6) is 0 Å². The molecule has 2 aromatic rings. The summed E-state index contributed by atoms with van der Waals surface area (Å²) in [6.45, 7) is 3.32. The second kappa shape index (κ2) is 7.02. The van der Waals surface area contributed by atoms with Crippen molar-refractivity contribution in [1.82, 2.24) is 14.3 Å². The summed E-state index contributed by atoms with van der Waals surface area (Å²) in [5.74, 6) is 0.940. The highest BCUT2D eigenvalue weighted by atomic mass is 32.2. The number of imidazole rings is 1. The van der Waals surface area contributed by atoms with Gasteiger partial charge < -0.3 is 9.30 Å². The van der Waals surface area contributed by atoms with Crippen LogP contribution in [0, 0.1) is 6.92 Å². The molecule has 21 heavy (non-hydrogen) atoms. The molecular formula is C14H21N3O3S. The lowest BCUT2D eigenvalue weighted by Crippen LogP contribution is -2.29.